The molecule has 0 saturated heterocycles. The number of benzene rings is 1. The second kappa shape index (κ2) is 10.5. The summed E-state index contributed by atoms with van der Waals surface area (Å²) in [6.45, 7) is 2.85. The van der Waals surface area contributed by atoms with Crippen LogP contribution in [0.5, 0.6) is 0 Å². The maximum Gasteiger partial charge on any atom is 0.303 e. The second-order valence-corrected chi connectivity index (χ2v) is 7.06. The third-order valence-corrected chi connectivity index (χ3v) is 4.67. The summed E-state index contributed by atoms with van der Waals surface area (Å²) in [6.07, 6.45) is 2.32. The summed E-state index contributed by atoms with van der Waals surface area (Å²) in [6, 6.07) is 11.8. The highest BCUT2D eigenvalue weighted by Gasteiger charge is 2.20. The van der Waals surface area contributed by atoms with E-state index in [1.54, 1.807) is 12.1 Å². The molecule has 0 fully saturated rings. The number of aliphatic carboxylic acids is 1. The molecule has 0 aliphatic rings. The van der Waals surface area contributed by atoms with Gasteiger partial charge in [-0.05, 0) is 49.6 Å². The molecule has 0 bridgehead atoms. The first-order valence-corrected chi connectivity index (χ1v) is 10.0. The molecule has 1 aromatic carbocycles. The van der Waals surface area contributed by atoms with Crippen molar-refractivity contribution in [1.29, 1.82) is 0 Å². The Morgan fingerprint density at radius 1 is 1.20 bits per heavy atom. The van der Waals surface area contributed by atoms with Crippen LogP contribution in [0.2, 0.25) is 0 Å². The number of carboxylic acid groups (broad SMARTS) is 1. The number of halogens is 1. The minimum absolute atomic E-state index is 0.144. The molecular formula is C22H25FN4O3. The van der Waals surface area contributed by atoms with Crippen molar-refractivity contribution in [2.75, 3.05) is 11.9 Å². The minimum Gasteiger partial charge on any atom is -0.481 e. The molecule has 1 unspecified atom stereocenters. The van der Waals surface area contributed by atoms with Crippen LogP contribution in [0.4, 0.5) is 10.2 Å². The summed E-state index contributed by atoms with van der Waals surface area (Å²) in [5.41, 5.74) is 1.59. The molecule has 0 saturated carbocycles. The highest BCUT2D eigenvalue weighted by molar-refractivity contribution is 5.68. The number of anilines is 1. The fourth-order valence-corrected chi connectivity index (χ4v) is 3.29. The zero-order chi connectivity index (χ0) is 21.3. The van der Waals surface area contributed by atoms with Gasteiger partial charge >= 0.3 is 5.97 Å². The third-order valence-electron chi connectivity index (χ3n) is 4.67. The van der Waals surface area contributed by atoms with Gasteiger partial charge in [0.25, 0.3) is 0 Å². The lowest BCUT2D eigenvalue weighted by atomic mass is 9.92. The summed E-state index contributed by atoms with van der Waals surface area (Å²) in [5.74, 6) is -0.0191. The van der Waals surface area contributed by atoms with Gasteiger partial charge in [-0.15, -0.1) is 0 Å². The predicted molar refractivity (Wildman–Crippen MR) is 110 cm³/mol. The number of hydrogen-bond acceptors (Lipinski definition) is 6. The van der Waals surface area contributed by atoms with E-state index < -0.39 is 17.7 Å². The zero-order valence-corrected chi connectivity index (χ0v) is 16.8. The molecule has 0 spiro atoms. The Bertz CT molecular complexity index is 976. The third kappa shape index (κ3) is 6.37. The van der Waals surface area contributed by atoms with E-state index >= 15 is 0 Å². The van der Waals surface area contributed by atoms with Crippen molar-refractivity contribution in [2.24, 2.45) is 0 Å². The highest BCUT2D eigenvalue weighted by Crippen LogP contribution is 2.25. The summed E-state index contributed by atoms with van der Waals surface area (Å²) >= 11 is 0. The molecule has 2 heterocycles. The molecule has 3 aromatic rings. The maximum atomic E-state index is 13.5. The van der Waals surface area contributed by atoms with Crippen molar-refractivity contribution in [2.45, 2.75) is 44.9 Å². The van der Waals surface area contributed by atoms with Crippen LogP contribution in [0.25, 0.3) is 0 Å². The number of carboxylic acids is 1. The Kier molecular flexibility index (Phi) is 7.48. The second-order valence-electron chi connectivity index (χ2n) is 7.06. The van der Waals surface area contributed by atoms with E-state index in [0.29, 0.717) is 23.7 Å². The van der Waals surface area contributed by atoms with Crippen LogP contribution in [-0.4, -0.2) is 32.7 Å². The van der Waals surface area contributed by atoms with E-state index in [4.69, 9.17) is 4.52 Å². The van der Waals surface area contributed by atoms with E-state index in [-0.39, 0.29) is 12.8 Å². The predicted octanol–water partition coefficient (Wildman–Crippen LogP) is 4.01. The van der Waals surface area contributed by atoms with Gasteiger partial charge in [-0.2, -0.15) is 4.98 Å². The quantitative estimate of drug-likeness (QED) is 0.491. The summed E-state index contributed by atoms with van der Waals surface area (Å²) in [7, 11) is 0. The molecule has 30 heavy (non-hydrogen) atoms. The average Bonchev–Trinajstić information content (AvgIpc) is 3.15. The van der Waals surface area contributed by atoms with Gasteiger partial charge in [0.2, 0.25) is 5.89 Å². The fraction of sp³-hybridized carbons (Fsp3) is 0.364. The van der Waals surface area contributed by atoms with Gasteiger partial charge < -0.3 is 14.9 Å². The molecule has 3 rings (SSSR count). The first-order valence-electron chi connectivity index (χ1n) is 10.0. The summed E-state index contributed by atoms with van der Waals surface area (Å²) < 4.78 is 18.9. The molecule has 2 aromatic heterocycles. The zero-order valence-electron chi connectivity index (χ0n) is 16.8. The standard InChI is InChI=1S/C22H25FN4O3/c1-2-24-19-10-4-8-18(25-19)9-5-11-20-26-21(30-27-20)13-16(14-22(28)29)15-6-3-7-17(23)12-15/h3-4,6-8,10,12,16H,2,5,9,11,13-14H2,1H3,(H,24,25)(H,28,29). The van der Waals surface area contributed by atoms with E-state index in [0.717, 1.165) is 30.9 Å². The lowest BCUT2D eigenvalue weighted by Crippen LogP contribution is -2.10. The van der Waals surface area contributed by atoms with E-state index in [2.05, 4.69) is 20.4 Å². The van der Waals surface area contributed by atoms with Crippen LogP contribution in [0.15, 0.2) is 47.0 Å². The average molecular weight is 412 g/mol. The molecule has 0 amide bonds. The number of nitrogens with zero attached hydrogens (tertiary/aromatic N) is 3. The Morgan fingerprint density at radius 2 is 2.03 bits per heavy atom. The maximum absolute atomic E-state index is 13.5. The highest BCUT2D eigenvalue weighted by atomic mass is 19.1. The van der Waals surface area contributed by atoms with Gasteiger partial charge in [-0.25, -0.2) is 9.37 Å². The number of aromatic nitrogens is 3. The number of carbonyl (C=O) groups is 1. The number of pyridine rings is 1. The molecule has 1 atom stereocenters. The minimum atomic E-state index is -0.962. The van der Waals surface area contributed by atoms with Crippen molar-refractivity contribution in [3.63, 3.8) is 0 Å². The van der Waals surface area contributed by atoms with Gasteiger partial charge in [0.15, 0.2) is 5.82 Å². The van der Waals surface area contributed by atoms with Gasteiger partial charge in [0.1, 0.15) is 11.6 Å². The summed E-state index contributed by atoms with van der Waals surface area (Å²) in [5, 5.41) is 16.4. The van der Waals surface area contributed by atoms with E-state index in [1.807, 2.05) is 25.1 Å². The van der Waals surface area contributed by atoms with E-state index in [1.165, 1.54) is 12.1 Å². The van der Waals surface area contributed by atoms with E-state index in [9.17, 15) is 14.3 Å². The van der Waals surface area contributed by atoms with Crippen LogP contribution < -0.4 is 5.32 Å². The van der Waals surface area contributed by atoms with Crippen molar-refractivity contribution < 1.29 is 18.8 Å². The van der Waals surface area contributed by atoms with Gasteiger partial charge in [-0.3, -0.25) is 4.79 Å². The molecule has 0 aliphatic carbocycles. The van der Waals surface area contributed by atoms with Gasteiger partial charge in [0.05, 0.1) is 6.42 Å². The van der Waals surface area contributed by atoms with Crippen LogP contribution in [0.3, 0.4) is 0 Å². The van der Waals surface area contributed by atoms with Crippen LogP contribution in [0.1, 0.15) is 48.7 Å². The van der Waals surface area contributed by atoms with Crippen molar-refractivity contribution >= 4 is 11.8 Å². The van der Waals surface area contributed by atoms with Crippen molar-refractivity contribution in [3.8, 4) is 0 Å². The lowest BCUT2D eigenvalue weighted by Gasteiger charge is -2.13. The first-order chi connectivity index (χ1) is 14.5. The topological polar surface area (TPSA) is 101 Å². The smallest absolute Gasteiger partial charge is 0.303 e. The molecule has 0 aliphatic heterocycles. The molecular weight excluding hydrogens is 387 g/mol. The monoisotopic (exact) mass is 412 g/mol. The fourth-order valence-electron chi connectivity index (χ4n) is 3.29. The number of nitrogens with one attached hydrogen (secondary N) is 1. The lowest BCUT2D eigenvalue weighted by molar-refractivity contribution is -0.137. The number of hydrogen-bond donors (Lipinski definition) is 2. The molecule has 158 valence electrons. The summed E-state index contributed by atoms with van der Waals surface area (Å²) in [4.78, 5) is 20.2. The normalized spacial score (nSPS) is 11.9. The molecule has 8 heteroatoms. The van der Waals surface area contributed by atoms with Gasteiger partial charge in [0, 0.05) is 31.0 Å². The Hall–Kier alpha value is -3.29. The Balaban J connectivity index is 1.58. The number of aryl methyl sites for hydroxylation is 2. The molecule has 7 nitrogen and oxygen atoms in total. The first kappa shape index (κ1) is 21.4. The van der Waals surface area contributed by atoms with Crippen molar-refractivity contribution in [3.05, 3.63) is 71.3 Å². The Morgan fingerprint density at radius 3 is 2.80 bits per heavy atom. The van der Waals surface area contributed by atoms with Crippen molar-refractivity contribution in [1.82, 2.24) is 15.1 Å². The van der Waals surface area contributed by atoms with Crippen LogP contribution >= 0.6 is 0 Å². The van der Waals surface area contributed by atoms with Crippen LogP contribution in [-0.2, 0) is 24.1 Å². The largest absolute Gasteiger partial charge is 0.481 e. The SMILES string of the molecule is CCNc1cccc(CCCc2noc(CC(CC(=O)O)c3cccc(F)c3)n2)n1. The number of rotatable bonds is 11. The van der Waals surface area contributed by atoms with Gasteiger partial charge in [-0.1, -0.05) is 23.4 Å². The Labute approximate surface area is 174 Å². The van der Waals surface area contributed by atoms with Crippen LogP contribution in [0, 0.1) is 5.82 Å². The molecule has 2 N–H and O–H groups in total. The molecule has 0 radical (unpaired) electrons.